The minimum atomic E-state index is -0.0834. The van der Waals surface area contributed by atoms with Crippen LogP contribution in [0.25, 0.3) is 5.76 Å². The summed E-state index contributed by atoms with van der Waals surface area (Å²) in [6.45, 7) is 13.3. The highest BCUT2D eigenvalue weighted by Gasteiger charge is 2.32. The van der Waals surface area contributed by atoms with Gasteiger partial charge in [0.15, 0.2) is 5.78 Å². The molecule has 0 saturated heterocycles. The van der Waals surface area contributed by atoms with Gasteiger partial charge in [0, 0.05) is 23.7 Å². The van der Waals surface area contributed by atoms with Gasteiger partial charge in [0.05, 0.1) is 12.9 Å². The zero-order valence-corrected chi connectivity index (χ0v) is 22.2. The van der Waals surface area contributed by atoms with Crippen LogP contribution in [0, 0.1) is 5.92 Å². The molecule has 3 aliphatic rings. The van der Waals surface area contributed by atoms with Crippen molar-refractivity contribution in [3.63, 3.8) is 0 Å². The van der Waals surface area contributed by atoms with E-state index in [9.17, 15) is 4.79 Å². The van der Waals surface area contributed by atoms with Crippen LogP contribution in [0.4, 0.5) is 0 Å². The number of Topliss-reactive ketones (excluding diaryl/α,β-unsaturated/α-hetero) is 1. The number of allylic oxidation sites excluding steroid dienone is 3. The second-order valence-electron chi connectivity index (χ2n) is 9.23. The molecule has 0 aromatic heterocycles. The highest BCUT2D eigenvalue weighted by molar-refractivity contribution is 6.10. The smallest absolute Gasteiger partial charge is 0.202 e. The number of rotatable bonds is 4. The van der Waals surface area contributed by atoms with Crippen molar-refractivity contribution in [1.82, 2.24) is 0 Å². The molecule has 0 fully saturated rings. The monoisotopic (exact) mass is 488 g/mol. The molecule has 2 unspecified atom stereocenters. The summed E-state index contributed by atoms with van der Waals surface area (Å²) >= 11 is 0. The fourth-order valence-corrected chi connectivity index (χ4v) is 4.71. The fraction of sp³-hybridized carbons (Fsp3) is 0.406. The highest BCUT2D eigenvalue weighted by Crippen LogP contribution is 2.41. The summed E-state index contributed by atoms with van der Waals surface area (Å²) in [4.78, 5) is 11.5. The molecular weight excluding hydrogens is 448 g/mol. The number of carbonyl (C=O) groups excluding carboxylic acids is 1. The third kappa shape index (κ3) is 6.98. The van der Waals surface area contributed by atoms with E-state index in [4.69, 9.17) is 14.2 Å². The Morgan fingerprint density at radius 2 is 1.58 bits per heavy atom. The van der Waals surface area contributed by atoms with Crippen LogP contribution in [0.1, 0.15) is 74.0 Å². The summed E-state index contributed by atoms with van der Waals surface area (Å²) < 4.78 is 16.6. The molecule has 4 nitrogen and oxygen atoms in total. The molecule has 0 saturated carbocycles. The zero-order chi connectivity index (χ0) is 25.9. The topological polar surface area (TPSA) is 44.8 Å². The molecule has 0 radical (unpaired) electrons. The molecular formula is C32H40O4. The molecule has 2 aromatic carbocycles. The Hall–Kier alpha value is -3.11. The van der Waals surface area contributed by atoms with Crippen LogP contribution < -0.4 is 0 Å². The van der Waals surface area contributed by atoms with E-state index in [1.54, 1.807) is 6.26 Å². The maximum atomic E-state index is 11.5. The SMILES string of the molecule is C/C=C/OCC.C=C1CCc2ccccc2C1=O.CCOC1OC2=C(CCc3ccccc32)CC1C. The number of fused-ring (bicyclic) bond motifs is 3. The molecule has 36 heavy (non-hydrogen) atoms. The van der Waals surface area contributed by atoms with Crippen molar-refractivity contribution in [1.29, 1.82) is 0 Å². The van der Waals surface area contributed by atoms with Crippen LogP contribution in [0.5, 0.6) is 0 Å². The van der Waals surface area contributed by atoms with E-state index >= 15 is 0 Å². The van der Waals surface area contributed by atoms with Crippen molar-refractivity contribution < 1.29 is 19.0 Å². The maximum Gasteiger partial charge on any atom is 0.202 e. The van der Waals surface area contributed by atoms with Gasteiger partial charge in [-0.2, -0.15) is 0 Å². The van der Waals surface area contributed by atoms with Gasteiger partial charge < -0.3 is 14.2 Å². The first kappa shape index (κ1) is 27.5. The normalized spacial score (nSPS) is 20.1. The molecule has 0 amide bonds. The third-order valence-corrected chi connectivity index (χ3v) is 6.56. The number of hydrogen-bond acceptors (Lipinski definition) is 4. The van der Waals surface area contributed by atoms with Crippen LogP contribution >= 0.6 is 0 Å². The molecule has 0 spiro atoms. The Balaban J connectivity index is 0.000000173. The van der Waals surface area contributed by atoms with Gasteiger partial charge in [0.25, 0.3) is 0 Å². The van der Waals surface area contributed by atoms with Gasteiger partial charge >= 0.3 is 0 Å². The molecule has 4 heteroatoms. The number of ketones is 1. The summed E-state index contributed by atoms with van der Waals surface area (Å²) in [5.41, 5.74) is 6.89. The van der Waals surface area contributed by atoms with Gasteiger partial charge in [-0.25, -0.2) is 0 Å². The minimum Gasteiger partial charge on any atom is -0.502 e. The van der Waals surface area contributed by atoms with Crippen LogP contribution in [0.2, 0.25) is 0 Å². The first-order valence-corrected chi connectivity index (χ1v) is 13.1. The van der Waals surface area contributed by atoms with Crippen molar-refractivity contribution in [3.8, 4) is 0 Å². The van der Waals surface area contributed by atoms with E-state index in [1.807, 2.05) is 51.1 Å². The maximum absolute atomic E-state index is 11.5. The molecule has 1 aliphatic heterocycles. The quantitative estimate of drug-likeness (QED) is 0.327. The van der Waals surface area contributed by atoms with Crippen LogP contribution in [0.3, 0.4) is 0 Å². The predicted molar refractivity (Wildman–Crippen MR) is 147 cm³/mol. The minimum absolute atomic E-state index is 0.0834. The number of aryl methyl sites for hydroxylation is 2. The average Bonchev–Trinajstić information content (AvgIpc) is 2.91. The summed E-state index contributed by atoms with van der Waals surface area (Å²) in [5, 5.41) is 0. The molecule has 2 aliphatic carbocycles. The molecule has 1 heterocycles. The van der Waals surface area contributed by atoms with Crippen LogP contribution in [-0.2, 0) is 27.1 Å². The van der Waals surface area contributed by atoms with E-state index < -0.39 is 0 Å². The van der Waals surface area contributed by atoms with E-state index in [-0.39, 0.29) is 12.1 Å². The fourth-order valence-electron chi connectivity index (χ4n) is 4.71. The lowest BCUT2D eigenvalue weighted by Gasteiger charge is -2.35. The zero-order valence-electron chi connectivity index (χ0n) is 22.2. The van der Waals surface area contributed by atoms with Gasteiger partial charge in [0.1, 0.15) is 5.76 Å². The Morgan fingerprint density at radius 1 is 0.944 bits per heavy atom. The van der Waals surface area contributed by atoms with E-state index in [0.717, 1.165) is 61.2 Å². The number of benzene rings is 2. The summed E-state index contributed by atoms with van der Waals surface area (Å²) in [6.07, 6.45) is 8.62. The van der Waals surface area contributed by atoms with Gasteiger partial charge in [-0.3, -0.25) is 4.79 Å². The Morgan fingerprint density at radius 3 is 2.22 bits per heavy atom. The number of hydrogen-bond donors (Lipinski definition) is 0. The van der Waals surface area contributed by atoms with Crippen molar-refractivity contribution >= 4 is 11.5 Å². The molecule has 0 bridgehead atoms. The molecule has 5 rings (SSSR count). The lowest BCUT2D eigenvalue weighted by Crippen LogP contribution is -2.30. The molecule has 0 N–H and O–H groups in total. The lowest BCUT2D eigenvalue weighted by molar-refractivity contribution is -0.131. The number of carbonyl (C=O) groups is 1. The second kappa shape index (κ2) is 13.8. The third-order valence-electron chi connectivity index (χ3n) is 6.56. The summed E-state index contributed by atoms with van der Waals surface area (Å²) in [7, 11) is 0. The molecule has 2 aromatic rings. The van der Waals surface area contributed by atoms with Crippen LogP contribution in [0.15, 0.2) is 78.6 Å². The van der Waals surface area contributed by atoms with E-state index in [1.165, 1.54) is 16.7 Å². The van der Waals surface area contributed by atoms with Crippen molar-refractivity contribution in [2.24, 2.45) is 5.92 Å². The van der Waals surface area contributed by atoms with Crippen molar-refractivity contribution in [3.05, 3.63) is 101 Å². The van der Waals surface area contributed by atoms with E-state index in [2.05, 4.69) is 37.8 Å². The molecule has 192 valence electrons. The average molecular weight is 489 g/mol. The Labute approximate surface area is 216 Å². The molecule has 2 atom stereocenters. The van der Waals surface area contributed by atoms with Crippen molar-refractivity contribution in [2.75, 3.05) is 13.2 Å². The Bertz CT molecular complexity index is 1090. The van der Waals surface area contributed by atoms with Gasteiger partial charge in [0.2, 0.25) is 6.29 Å². The Kier molecular flexibility index (Phi) is 10.6. The highest BCUT2D eigenvalue weighted by atomic mass is 16.7. The van der Waals surface area contributed by atoms with E-state index in [0.29, 0.717) is 12.5 Å². The second-order valence-corrected chi connectivity index (χ2v) is 9.23. The van der Waals surface area contributed by atoms with Gasteiger partial charge in [-0.05, 0) is 75.1 Å². The predicted octanol–water partition coefficient (Wildman–Crippen LogP) is 7.69. The van der Waals surface area contributed by atoms with Crippen LogP contribution in [-0.4, -0.2) is 25.3 Å². The first-order valence-electron chi connectivity index (χ1n) is 13.1. The lowest BCUT2D eigenvalue weighted by atomic mass is 9.84. The summed E-state index contributed by atoms with van der Waals surface area (Å²) in [6, 6.07) is 16.3. The summed E-state index contributed by atoms with van der Waals surface area (Å²) in [5.74, 6) is 1.67. The van der Waals surface area contributed by atoms with Crippen molar-refractivity contribution in [2.45, 2.75) is 66.1 Å². The first-order chi connectivity index (χ1) is 17.5. The van der Waals surface area contributed by atoms with Gasteiger partial charge in [-0.1, -0.05) is 68.1 Å². The largest absolute Gasteiger partial charge is 0.502 e. The van der Waals surface area contributed by atoms with Gasteiger partial charge in [-0.15, -0.1) is 0 Å². The number of ether oxygens (including phenoxy) is 3. The standard InChI is InChI=1S/C16H20O2.C11H10O.C5H10O/c1-3-17-16-11(2)10-13-9-8-12-6-4-5-7-14(12)15(13)18-16;1-8-6-7-9-4-2-3-5-10(9)11(8)12;1-3-5-6-4-2/h4-7,11,16H,3,8-10H2,1-2H3;2-5H,1,6-7H2;3,5H,4H2,1-2H3/b;;5-3+.